The molecule has 0 aliphatic heterocycles. The predicted octanol–water partition coefficient (Wildman–Crippen LogP) is 5.49. The first kappa shape index (κ1) is 16.4. The molecule has 0 radical (unpaired) electrons. The molecule has 3 aromatic rings. The number of thiophene rings is 1. The monoisotopic (exact) mass is 364 g/mol. The molecule has 6 heteroatoms. The van der Waals surface area contributed by atoms with E-state index in [0.29, 0.717) is 16.6 Å². The molecule has 0 aliphatic carbocycles. The fourth-order valence-corrected chi connectivity index (χ4v) is 4.27. The van der Waals surface area contributed by atoms with Crippen molar-refractivity contribution in [2.45, 2.75) is 32.6 Å². The minimum Gasteiger partial charge on any atom is -0.302 e. The number of nitrogens with zero attached hydrogens (tertiary/aromatic N) is 1. The van der Waals surface area contributed by atoms with Crippen molar-refractivity contribution >= 4 is 55.4 Å². The Kier molecular flexibility index (Phi) is 4.45. The molecule has 2 aromatic heterocycles. The summed E-state index contributed by atoms with van der Waals surface area (Å²) in [5, 5.41) is 9.29. The number of fused-ring (bicyclic) bond motifs is 1. The largest absolute Gasteiger partial charge is 0.302 e. The zero-order valence-electron chi connectivity index (χ0n) is 13.1. The van der Waals surface area contributed by atoms with Gasteiger partial charge in [0.1, 0.15) is 0 Å². The Morgan fingerprint density at radius 3 is 2.74 bits per heavy atom. The second kappa shape index (κ2) is 6.23. The number of hydrogen-bond donors (Lipinski definition) is 1. The molecule has 2 heterocycles. The highest BCUT2D eigenvalue weighted by Crippen LogP contribution is 2.30. The van der Waals surface area contributed by atoms with Gasteiger partial charge in [0.2, 0.25) is 5.91 Å². The number of amides is 1. The van der Waals surface area contributed by atoms with Crippen LogP contribution in [-0.4, -0.2) is 10.9 Å². The molecule has 0 aliphatic rings. The third-order valence-electron chi connectivity index (χ3n) is 3.49. The highest BCUT2D eigenvalue weighted by Gasteiger charge is 2.18. The summed E-state index contributed by atoms with van der Waals surface area (Å²) < 4.78 is 1.14. The second-order valence-corrected chi connectivity index (χ2v) is 8.62. The van der Waals surface area contributed by atoms with Crippen molar-refractivity contribution in [2.24, 2.45) is 0 Å². The smallest absolute Gasteiger partial charge is 0.230 e. The van der Waals surface area contributed by atoms with Crippen LogP contribution in [-0.2, 0) is 16.6 Å². The van der Waals surface area contributed by atoms with Crippen LogP contribution in [0, 0.1) is 0 Å². The van der Waals surface area contributed by atoms with Gasteiger partial charge in [-0.3, -0.25) is 4.79 Å². The van der Waals surface area contributed by atoms with Crippen LogP contribution >= 0.6 is 34.3 Å². The molecular formula is C17H17ClN2OS2. The molecule has 0 spiro atoms. The molecule has 1 aromatic carbocycles. The summed E-state index contributed by atoms with van der Waals surface area (Å²) in [4.78, 5) is 16.8. The van der Waals surface area contributed by atoms with E-state index in [2.05, 4.69) is 31.1 Å². The summed E-state index contributed by atoms with van der Waals surface area (Å²) in [7, 11) is 0. The maximum atomic E-state index is 12.3. The lowest BCUT2D eigenvalue weighted by Gasteiger charge is -2.14. The van der Waals surface area contributed by atoms with Gasteiger partial charge in [0.15, 0.2) is 5.13 Å². The lowest BCUT2D eigenvalue weighted by molar-refractivity contribution is -0.115. The van der Waals surface area contributed by atoms with Gasteiger partial charge in [0.05, 0.1) is 12.1 Å². The van der Waals surface area contributed by atoms with Crippen LogP contribution in [0.4, 0.5) is 5.13 Å². The molecule has 0 fully saturated rings. The van der Waals surface area contributed by atoms with Crippen molar-refractivity contribution in [2.75, 3.05) is 5.32 Å². The first-order valence-electron chi connectivity index (χ1n) is 7.24. The van der Waals surface area contributed by atoms with Gasteiger partial charge in [-0.2, -0.15) is 0 Å². The fraction of sp³-hybridized carbons (Fsp3) is 0.294. The van der Waals surface area contributed by atoms with Crippen molar-refractivity contribution < 1.29 is 4.79 Å². The summed E-state index contributed by atoms with van der Waals surface area (Å²) in [6.45, 7) is 6.32. The van der Waals surface area contributed by atoms with Crippen molar-refractivity contribution in [3.8, 4) is 0 Å². The molecule has 0 atom stereocenters. The summed E-state index contributed by atoms with van der Waals surface area (Å²) >= 11 is 9.14. The van der Waals surface area contributed by atoms with E-state index >= 15 is 0 Å². The van der Waals surface area contributed by atoms with Crippen LogP contribution in [0.3, 0.4) is 0 Å². The van der Waals surface area contributed by atoms with E-state index in [0.717, 1.165) is 21.3 Å². The minimum atomic E-state index is -0.0560. The Labute approximate surface area is 148 Å². The Balaban J connectivity index is 1.74. The summed E-state index contributed by atoms with van der Waals surface area (Å²) in [5.74, 6) is -0.0560. The molecule has 23 heavy (non-hydrogen) atoms. The quantitative estimate of drug-likeness (QED) is 0.667. The first-order valence-corrected chi connectivity index (χ1v) is 9.38. The second-order valence-electron chi connectivity index (χ2n) is 6.41. The van der Waals surface area contributed by atoms with Gasteiger partial charge in [-0.15, -0.1) is 22.7 Å². The summed E-state index contributed by atoms with van der Waals surface area (Å²) in [6.07, 6.45) is 0.324. The molecule has 3 rings (SSSR count). The van der Waals surface area contributed by atoms with Gasteiger partial charge >= 0.3 is 0 Å². The molecule has 120 valence electrons. The van der Waals surface area contributed by atoms with E-state index in [-0.39, 0.29) is 11.3 Å². The summed E-state index contributed by atoms with van der Waals surface area (Å²) in [5.41, 5.74) is 1.97. The third-order valence-corrected chi connectivity index (χ3v) is 5.49. The molecule has 1 N–H and O–H groups in total. The van der Waals surface area contributed by atoms with Crippen LogP contribution < -0.4 is 5.32 Å². The average molecular weight is 365 g/mol. The highest BCUT2D eigenvalue weighted by molar-refractivity contribution is 7.17. The molecule has 0 saturated heterocycles. The zero-order chi connectivity index (χ0) is 16.6. The third kappa shape index (κ3) is 3.74. The Bertz CT molecular complexity index is 861. The fourth-order valence-electron chi connectivity index (χ4n) is 2.20. The van der Waals surface area contributed by atoms with E-state index in [9.17, 15) is 4.79 Å². The SMILES string of the molecule is CC(C)(C)c1csc(NC(=O)Cc2csc3ccc(Cl)cc23)n1. The normalized spacial score (nSPS) is 11.8. The first-order chi connectivity index (χ1) is 10.8. The van der Waals surface area contributed by atoms with Crippen LogP contribution in [0.1, 0.15) is 32.0 Å². The van der Waals surface area contributed by atoms with Crippen molar-refractivity contribution in [3.63, 3.8) is 0 Å². The number of aromatic nitrogens is 1. The highest BCUT2D eigenvalue weighted by atomic mass is 35.5. The lowest BCUT2D eigenvalue weighted by atomic mass is 9.93. The summed E-state index contributed by atoms with van der Waals surface area (Å²) in [6, 6.07) is 5.77. The molecular weight excluding hydrogens is 348 g/mol. The maximum Gasteiger partial charge on any atom is 0.230 e. The number of thiazole rings is 1. The minimum absolute atomic E-state index is 0.0141. The molecule has 0 bridgehead atoms. The van der Waals surface area contributed by atoms with E-state index < -0.39 is 0 Å². The van der Waals surface area contributed by atoms with Gasteiger partial charge in [-0.05, 0) is 34.5 Å². The van der Waals surface area contributed by atoms with Gasteiger partial charge in [0.25, 0.3) is 0 Å². The molecule has 3 nitrogen and oxygen atoms in total. The van der Waals surface area contributed by atoms with E-state index in [1.807, 2.05) is 29.0 Å². The number of halogens is 1. The van der Waals surface area contributed by atoms with Gasteiger partial charge in [-0.1, -0.05) is 32.4 Å². The number of anilines is 1. The number of nitrogens with one attached hydrogen (secondary N) is 1. The maximum absolute atomic E-state index is 12.3. The predicted molar refractivity (Wildman–Crippen MR) is 100.0 cm³/mol. The van der Waals surface area contributed by atoms with Crippen LogP contribution in [0.5, 0.6) is 0 Å². The average Bonchev–Trinajstić information content (AvgIpc) is 3.06. The van der Waals surface area contributed by atoms with E-state index in [1.165, 1.54) is 11.3 Å². The molecule has 1 amide bonds. The van der Waals surface area contributed by atoms with Gasteiger partial charge in [-0.25, -0.2) is 4.98 Å². The van der Waals surface area contributed by atoms with Gasteiger partial charge in [0, 0.05) is 20.5 Å². The topological polar surface area (TPSA) is 42.0 Å². The van der Waals surface area contributed by atoms with E-state index in [4.69, 9.17) is 11.6 Å². The zero-order valence-corrected chi connectivity index (χ0v) is 15.5. The number of benzene rings is 1. The van der Waals surface area contributed by atoms with Crippen LogP contribution in [0.25, 0.3) is 10.1 Å². The molecule has 0 unspecified atom stereocenters. The number of rotatable bonds is 3. The van der Waals surface area contributed by atoms with Gasteiger partial charge < -0.3 is 5.32 Å². The lowest BCUT2D eigenvalue weighted by Crippen LogP contribution is -2.15. The van der Waals surface area contributed by atoms with E-state index in [1.54, 1.807) is 11.3 Å². The van der Waals surface area contributed by atoms with Crippen molar-refractivity contribution in [1.29, 1.82) is 0 Å². The Hall–Kier alpha value is -1.43. The Morgan fingerprint density at radius 1 is 1.26 bits per heavy atom. The Morgan fingerprint density at radius 2 is 2.04 bits per heavy atom. The molecule has 0 saturated carbocycles. The van der Waals surface area contributed by atoms with Crippen molar-refractivity contribution in [3.05, 3.63) is 45.2 Å². The number of carbonyl (C=O) groups excluding carboxylic acids is 1. The van der Waals surface area contributed by atoms with Crippen LogP contribution in [0.2, 0.25) is 5.02 Å². The van der Waals surface area contributed by atoms with Crippen molar-refractivity contribution in [1.82, 2.24) is 4.98 Å². The van der Waals surface area contributed by atoms with Crippen LogP contribution in [0.15, 0.2) is 29.0 Å². The number of carbonyl (C=O) groups is 1. The standard InChI is InChI=1S/C17H17ClN2OS2/c1-17(2,3)14-9-23-16(19-14)20-15(21)6-10-8-22-13-5-4-11(18)7-12(10)13/h4-5,7-9H,6H2,1-3H3,(H,19,20,21). The number of hydrogen-bond acceptors (Lipinski definition) is 4.